The maximum atomic E-state index is 11.0. The van der Waals surface area contributed by atoms with Crippen molar-refractivity contribution in [1.29, 1.82) is 0 Å². The lowest BCUT2D eigenvalue weighted by Crippen LogP contribution is -2.14. The second-order valence-corrected chi connectivity index (χ2v) is 5.03. The number of halogens is 1. The van der Waals surface area contributed by atoms with Crippen LogP contribution in [0.25, 0.3) is 0 Å². The average molecular weight is 325 g/mol. The highest BCUT2D eigenvalue weighted by Gasteiger charge is 2.13. The third kappa shape index (κ3) is 3.62. The number of rotatable bonds is 5. The van der Waals surface area contributed by atoms with Crippen LogP contribution in [0.4, 0.5) is 5.69 Å². The molecule has 1 N–H and O–H groups in total. The molecule has 0 aliphatic heterocycles. The van der Waals surface area contributed by atoms with Crippen LogP contribution in [0, 0.1) is 10.1 Å². The van der Waals surface area contributed by atoms with E-state index in [9.17, 15) is 10.1 Å². The summed E-state index contributed by atoms with van der Waals surface area (Å²) in [4.78, 5) is 10.6. The van der Waals surface area contributed by atoms with Crippen LogP contribution in [0.1, 0.15) is 11.3 Å². The Balaban J connectivity index is 2.01. The van der Waals surface area contributed by atoms with Gasteiger partial charge in [-0.15, -0.1) is 0 Å². The molecule has 0 aliphatic carbocycles. The normalized spacial score (nSPS) is 10.6. The number of nitrogens with one attached hydrogen (secondary N) is 1. The van der Waals surface area contributed by atoms with Gasteiger partial charge in [-0.1, -0.05) is 15.9 Å². The molecule has 19 heavy (non-hydrogen) atoms. The molecule has 1 aromatic carbocycles. The van der Waals surface area contributed by atoms with Gasteiger partial charge in [0.1, 0.15) is 0 Å². The molecule has 2 aromatic rings. The Kier molecular flexibility index (Phi) is 4.28. The van der Waals surface area contributed by atoms with E-state index in [2.05, 4.69) is 26.3 Å². The summed E-state index contributed by atoms with van der Waals surface area (Å²) in [5, 5.41) is 18.3. The number of hydrogen-bond acceptors (Lipinski definition) is 4. The topological polar surface area (TPSA) is 73.0 Å². The number of aryl methyl sites for hydroxylation is 1. The van der Waals surface area contributed by atoms with Gasteiger partial charge in [0.05, 0.1) is 10.6 Å². The molecule has 0 radical (unpaired) electrons. The number of nitro groups is 1. The van der Waals surface area contributed by atoms with Crippen LogP contribution < -0.4 is 5.32 Å². The van der Waals surface area contributed by atoms with Crippen molar-refractivity contribution in [1.82, 2.24) is 15.1 Å². The monoisotopic (exact) mass is 324 g/mol. The Hall–Kier alpha value is -1.73. The van der Waals surface area contributed by atoms with Gasteiger partial charge in [0.15, 0.2) is 0 Å². The first-order chi connectivity index (χ1) is 9.06. The van der Waals surface area contributed by atoms with Gasteiger partial charge in [-0.3, -0.25) is 14.8 Å². The summed E-state index contributed by atoms with van der Waals surface area (Å²) in [6.07, 6.45) is 1.86. The Morgan fingerprint density at radius 2 is 2.21 bits per heavy atom. The predicted octanol–water partition coefficient (Wildman–Crippen LogP) is 2.38. The molecule has 1 heterocycles. The molecule has 0 amide bonds. The highest BCUT2D eigenvalue weighted by atomic mass is 79.9. The fourth-order valence-corrected chi connectivity index (χ4v) is 2.09. The molecule has 0 atom stereocenters. The summed E-state index contributed by atoms with van der Waals surface area (Å²) < 4.78 is 2.42. The molecule has 0 unspecified atom stereocenters. The van der Waals surface area contributed by atoms with E-state index in [1.807, 2.05) is 19.3 Å². The minimum atomic E-state index is -0.372. The van der Waals surface area contributed by atoms with Crippen LogP contribution in [-0.4, -0.2) is 14.7 Å². The molecular formula is C12H13BrN4O2. The van der Waals surface area contributed by atoms with E-state index in [0.717, 1.165) is 5.69 Å². The molecule has 1 aromatic heterocycles. The van der Waals surface area contributed by atoms with Crippen molar-refractivity contribution in [3.8, 4) is 0 Å². The standard InChI is InChI=1S/C12H13BrN4O2/c1-16-5-4-11(15-16)8-14-7-9-2-3-10(13)6-12(9)17(18)19/h2-6,14H,7-8H2,1H3. The zero-order valence-electron chi connectivity index (χ0n) is 10.3. The molecule has 7 heteroatoms. The highest BCUT2D eigenvalue weighted by molar-refractivity contribution is 9.10. The first-order valence-electron chi connectivity index (χ1n) is 5.68. The maximum Gasteiger partial charge on any atom is 0.275 e. The van der Waals surface area contributed by atoms with Gasteiger partial charge in [0.2, 0.25) is 0 Å². The van der Waals surface area contributed by atoms with Crippen molar-refractivity contribution in [2.45, 2.75) is 13.1 Å². The first kappa shape index (κ1) is 13.7. The maximum absolute atomic E-state index is 11.0. The second-order valence-electron chi connectivity index (χ2n) is 4.11. The van der Waals surface area contributed by atoms with E-state index >= 15 is 0 Å². The smallest absolute Gasteiger partial charge is 0.275 e. The minimum Gasteiger partial charge on any atom is -0.307 e. The first-order valence-corrected chi connectivity index (χ1v) is 6.47. The SMILES string of the molecule is Cn1ccc(CNCc2ccc(Br)cc2[N+](=O)[O-])n1. The van der Waals surface area contributed by atoms with Crippen molar-refractivity contribution in [3.05, 3.63) is 56.3 Å². The fraction of sp³-hybridized carbons (Fsp3) is 0.250. The number of aromatic nitrogens is 2. The summed E-state index contributed by atoms with van der Waals surface area (Å²) in [5.74, 6) is 0. The summed E-state index contributed by atoms with van der Waals surface area (Å²) >= 11 is 3.23. The van der Waals surface area contributed by atoms with E-state index in [-0.39, 0.29) is 10.6 Å². The van der Waals surface area contributed by atoms with Gasteiger partial charge in [0.25, 0.3) is 5.69 Å². The Morgan fingerprint density at radius 1 is 1.42 bits per heavy atom. The van der Waals surface area contributed by atoms with Gasteiger partial charge < -0.3 is 5.32 Å². The lowest BCUT2D eigenvalue weighted by atomic mass is 10.2. The average Bonchev–Trinajstić information content (AvgIpc) is 2.77. The molecule has 0 saturated carbocycles. The molecule has 6 nitrogen and oxygen atoms in total. The summed E-state index contributed by atoms with van der Waals surface area (Å²) in [5.41, 5.74) is 1.68. The predicted molar refractivity (Wildman–Crippen MR) is 74.5 cm³/mol. The zero-order chi connectivity index (χ0) is 13.8. The van der Waals surface area contributed by atoms with Crippen LogP contribution in [-0.2, 0) is 20.1 Å². The quantitative estimate of drug-likeness (QED) is 0.677. The summed E-state index contributed by atoms with van der Waals surface area (Å²) in [6.45, 7) is 1.01. The summed E-state index contributed by atoms with van der Waals surface area (Å²) in [6, 6.07) is 6.96. The van der Waals surface area contributed by atoms with Gasteiger partial charge in [-0.05, 0) is 18.2 Å². The van der Waals surface area contributed by atoms with Crippen LogP contribution in [0.15, 0.2) is 34.9 Å². The van der Waals surface area contributed by atoms with Crippen molar-refractivity contribution in [2.24, 2.45) is 7.05 Å². The number of nitrogens with zero attached hydrogens (tertiary/aromatic N) is 3. The molecule has 0 bridgehead atoms. The van der Waals surface area contributed by atoms with E-state index in [1.54, 1.807) is 16.8 Å². The molecule has 0 saturated heterocycles. The van der Waals surface area contributed by atoms with Gasteiger partial charge >= 0.3 is 0 Å². The number of benzene rings is 1. The van der Waals surface area contributed by atoms with Crippen LogP contribution in [0.3, 0.4) is 0 Å². The largest absolute Gasteiger partial charge is 0.307 e. The van der Waals surface area contributed by atoms with Crippen LogP contribution in [0.5, 0.6) is 0 Å². The molecule has 0 fully saturated rings. The second kappa shape index (κ2) is 5.94. The van der Waals surface area contributed by atoms with Crippen LogP contribution in [0.2, 0.25) is 0 Å². The molecule has 0 aliphatic rings. The number of nitro benzene ring substituents is 1. The Labute approximate surface area is 118 Å². The lowest BCUT2D eigenvalue weighted by molar-refractivity contribution is -0.385. The Bertz CT molecular complexity index is 597. The van der Waals surface area contributed by atoms with Crippen molar-refractivity contribution >= 4 is 21.6 Å². The lowest BCUT2D eigenvalue weighted by Gasteiger charge is -2.04. The molecule has 2 rings (SSSR count). The van der Waals surface area contributed by atoms with E-state index in [1.165, 1.54) is 6.07 Å². The van der Waals surface area contributed by atoms with Gasteiger partial charge in [-0.25, -0.2) is 0 Å². The molecular weight excluding hydrogens is 312 g/mol. The van der Waals surface area contributed by atoms with Gasteiger partial charge in [-0.2, -0.15) is 5.10 Å². The van der Waals surface area contributed by atoms with E-state index in [0.29, 0.717) is 23.1 Å². The molecule has 100 valence electrons. The molecule has 0 spiro atoms. The van der Waals surface area contributed by atoms with E-state index < -0.39 is 0 Å². The Morgan fingerprint density at radius 3 is 2.84 bits per heavy atom. The number of hydrogen-bond donors (Lipinski definition) is 1. The van der Waals surface area contributed by atoms with Crippen molar-refractivity contribution in [2.75, 3.05) is 0 Å². The zero-order valence-corrected chi connectivity index (χ0v) is 11.9. The van der Waals surface area contributed by atoms with Gasteiger partial charge in [0, 0.05) is 42.4 Å². The highest BCUT2D eigenvalue weighted by Crippen LogP contribution is 2.23. The van der Waals surface area contributed by atoms with Crippen LogP contribution >= 0.6 is 15.9 Å². The minimum absolute atomic E-state index is 0.114. The fourth-order valence-electron chi connectivity index (χ4n) is 1.74. The third-order valence-electron chi connectivity index (χ3n) is 2.63. The van der Waals surface area contributed by atoms with Crippen molar-refractivity contribution < 1.29 is 4.92 Å². The van der Waals surface area contributed by atoms with E-state index in [4.69, 9.17) is 0 Å². The summed E-state index contributed by atoms with van der Waals surface area (Å²) in [7, 11) is 1.85. The third-order valence-corrected chi connectivity index (χ3v) is 3.13. The van der Waals surface area contributed by atoms with Crippen molar-refractivity contribution in [3.63, 3.8) is 0 Å².